The minimum Gasteiger partial charge on any atom is -0.291 e. The number of benzene rings is 2. The maximum Gasteiger partial charge on any atom is 0.351 e. The molecule has 3 rings (SSSR count). The maximum atomic E-state index is 11.3. The van der Waals surface area contributed by atoms with Crippen LogP contribution in [0.3, 0.4) is 0 Å². The normalized spacial score (nSPS) is 10.7. The minimum absolute atomic E-state index is 0.278. The topological polar surface area (TPSA) is 78.6 Å². The van der Waals surface area contributed by atoms with E-state index in [0.29, 0.717) is 0 Å². The highest BCUT2D eigenvalue weighted by Crippen LogP contribution is 2.24. The molecular weight excluding hydrogens is 230 g/mol. The molecule has 18 heavy (non-hydrogen) atoms. The van der Waals surface area contributed by atoms with Gasteiger partial charge in [0.1, 0.15) is 5.82 Å². The van der Waals surface area contributed by atoms with E-state index in [1.807, 2.05) is 42.5 Å². The molecule has 0 radical (unpaired) electrons. The number of nitrogens with one attached hydrogen (secondary N) is 2. The molecule has 0 aliphatic rings. The number of H-pyrrole nitrogens is 2. The van der Waals surface area contributed by atoms with Crippen molar-refractivity contribution >= 4 is 10.8 Å². The standard InChI is InChI=1S/C13H9N3O2/c17-12-14-11(15-13(18)16-12)10-7-3-5-8-4-1-2-6-9(8)10/h1-7H,(H2,14,15,16,17,18). The third-order valence-electron chi connectivity index (χ3n) is 2.71. The van der Waals surface area contributed by atoms with Crippen molar-refractivity contribution in [2.45, 2.75) is 0 Å². The average Bonchev–Trinajstić information content (AvgIpc) is 2.37. The van der Waals surface area contributed by atoms with Gasteiger partial charge in [-0.1, -0.05) is 42.5 Å². The molecule has 0 amide bonds. The van der Waals surface area contributed by atoms with E-state index in [0.717, 1.165) is 16.3 Å². The van der Waals surface area contributed by atoms with E-state index in [1.54, 1.807) is 0 Å². The highest BCUT2D eigenvalue weighted by atomic mass is 16.2. The van der Waals surface area contributed by atoms with Crippen LogP contribution in [0.1, 0.15) is 0 Å². The van der Waals surface area contributed by atoms with Crippen LogP contribution >= 0.6 is 0 Å². The summed E-state index contributed by atoms with van der Waals surface area (Å²) in [6, 6.07) is 13.4. The molecule has 5 nitrogen and oxygen atoms in total. The van der Waals surface area contributed by atoms with Crippen molar-refractivity contribution < 1.29 is 0 Å². The number of aromatic amines is 2. The van der Waals surface area contributed by atoms with Gasteiger partial charge in [0.15, 0.2) is 0 Å². The molecule has 0 spiro atoms. The van der Waals surface area contributed by atoms with Crippen LogP contribution < -0.4 is 11.4 Å². The van der Waals surface area contributed by atoms with Gasteiger partial charge in [-0.3, -0.25) is 9.97 Å². The first kappa shape index (κ1) is 10.5. The Labute approximate surface area is 101 Å². The SMILES string of the molecule is O=c1nc(-c2cccc3ccccc23)[nH]c(=O)[nH]1. The second-order valence-corrected chi connectivity index (χ2v) is 3.87. The minimum atomic E-state index is -0.651. The first-order valence-electron chi connectivity index (χ1n) is 5.43. The van der Waals surface area contributed by atoms with E-state index in [-0.39, 0.29) is 5.82 Å². The largest absolute Gasteiger partial charge is 0.351 e. The Hall–Kier alpha value is -2.69. The van der Waals surface area contributed by atoms with E-state index in [1.165, 1.54) is 0 Å². The van der Waals surface area contributed by atoms with Gasteiger partial charge < -0.3 is 0 Å². The van der Waals surface area contributed by atoms with E-state index >= 15 is 0 Å². The van der Waals surface area contributed by atoms with Crippen LogP contribution in [0.15, 0.2) is 52.1 Å². The summed E-state index contributed by atoms with van der Waals surface area (Å²) in [4.78, 5) is 30.9. The molecule has 2 N–H and O–H groups in total. The number of hydrogen-bond donors (Lipinski definition) is 2. The summed E-state index contributed by atoms with van der Waals surface area (Å²) in [5.74, 6) is 0.278. The molecule has 2 aromatic carbocycles. The van der Waals surface area contributed by atoms with Gasteiger partial charge >= 0.3 is 11.4 Å². The number of nitrogens with zero attached hydrogens (tertiary/aromatic N) is 1. The van der Waals surface area contributed by atoms with Crippen LogP contribution in [0.25, 0.3) is 22.2 Å². The molecule has 0 fully saturated rings. The number of aromatic nitrogens is 3. The van der Waals surface area contributed by atoms with Crippen LogP contribution in [0, 0.1) is 0 Å². The molecule has 0 atom stereocenters. The van der Waals surface area contributed by atoms with Gasteiger partial charge in [0.25, 0.3) is 0 Å². The van der Waals surface area contributed by atoms with Crippen molar-refractivity contribution in [2.24, 2.45) is 0 Å². The molecule has 0 saturated carbocycles. The summed E-state index contributed by atoms with van der Waals surface area (Å²) in [6.45, 7) is 0. The van der Waals surface area contributed by atoms with Crippen LogP contribution in [0.2, 0.25) is 0 Å². The summed E-state index contributed by atoms with van der Waals surface area (Å²) in [5, 5.41) is 1.96. The van der Waals surface area contributed by atoms with Crippen LogP contribution in [0.5, 0.6) is 0 Å². The van der Waals surface area contributed by atoms with Crippen LogP contribution in [-0.4, -0.2) is 15.0 Å². The second-order valence-electron chi connectivity index (χ2n) is 3.87. The Morgan fingerprint density at radius 1 is 0.889 bits per heavy atom. The van der Waals surface area contributed by atoms with Crippen molar-refractivity contribution in [1.29, 1.82) is 0 Å². The summed E-state index contributed by atoms with van der Waals surface area (Å²) in [7, 11) is 0. The summed E-state index contributed by atoms with van der Waals surface area (Å²) in [6.07, 6.45) is 0. The first-order chi connectivity index (χ1) is 8.74. The van der Waals surface area contributed by atoms with Crippen molar-refractivity contribution in [3.05, 3.63) is 63.4 Å². The van der Waals surface area contributed by atoms with Crippen molar-refractivity contribution in [2.75, 3.05) is 0 Å². The fourth-order valence-electron chi connectivity index (χ4n) is 1.95. The Balaban J connectivity index is 2.38. The van der Waals surface area contributed by atoms with Gasteiger partial charge in [0, 0.05) is 5.56 Å². The van der Waals surface area contributed by atoms with Gasteiger partial charge in [-0.25, -0.2) is 9.59 Å². The summed E-state index contributed by atoms with van der Waals surface area (Å²) >= 11 is 0. The lowest BCUT2D eigenvalue weighted by Gasteiger charge is -2.04. The highest BCUT2D eigenvalue weighted by Gasteiger charge is 2.06. The smallest absolute Gasteiger partial charge is 0.291 e. The average molecular weight is 239 g/mol. The summed E-state index contributed by atoms with van der Waals surface area (Å²) in [5.41, 5.74) is -0.476. The quantitative estimate of drug-likeness (QED) is 0.671. The number of rotatable bonds is 1. The lowest BCUT2D eigenvalue weighted by atomic mass is 10.0. The van der Waals surface area contributed by atoms with E-state index in [9.17, 15) is 9.59 Å². The molecule has 0 unspecified atom stereocenters. The van der Waals surface area contributed by atoms with Gasteiger partial charge in [-0.15, -0.1) is 0 Å². The zero-order valence-corrected chi connectivity index (χ0v) is 9.31. The first-order valence-corrected chi connectivity index (χ1v) is 5.43. The molecule has 0 aliphatic carbocycles. The lowest BCUT2D eigenvalue weighted by Crippen LogP contribution is -2.25. The zero-order chi connectivity index (χ0) is 12.5. The Kier molecular flexibility index (Phi) is 2.30. The van der Waals surface area contributed by atoms with E-state index in [2.05, 4.69) is 15.0 Å². The van der Waals surface area contributed by atoms with E-state index in [4.69, 9.17) is 0 Å². The molecule has 5 heteroatoms. The second kappa shape index (κ2) is 3.96. The predicted octanol–water partition coefficient (Wildman–Crippen LogP) is 1.28. The van der Waals surface area contributed by atoms with Crippen LogP contribution in [0.4, 0.5) is 0 Å². The highest BCUT2D eigenvalue weighted by molar-refractivity contribution is 5.94. The Morgan fingerprint density at radius 3 is 2.50 bits per heavy atom. The molecule has 0 aliphatic heterocycles. The third kappa shape index (κ3) is 1.71. The van der Waals surface area contributed by atoms with Gasteiger partial charge in [0.05, 0.1) is 0 Å². The predicted molar refractivity (Wildman–Crippen MR) is 68.4 cm³/mol. The maximum absolute atomic E-state index is 11.3. The molecule has 1 heterocycles. The molecule has 0 bridgehead atoms. The summed E-state index contributed by atoms with van der Waals surface area (Å²) < 4.78 is 0. The van der Waals surface area contributed by atoms with Crippen LogP contribution in [-0.2, 0) is 0 Å². The van der Waals surface area contributed by atoms with Gasteiger partial charge in [-0.05, 0) is 10.8 Å². The molecule has 1 aromatic heterocycles. The van der Waals surface area contributed by atoms with E-state index < -0.39 is 11.4 Å². The molecule has 0 saturated heterocycles. The number of fused-ring (bicyclic) bond motifs is 1. The van der Waals surface area contributed by atoms with Gasteiger partial charge in [0.2, 0.25) is 0 Å². The fraction of sp³-hybridized carbons (Fsp3) is 0. The third-order valence-corrected chi connectivity index (χ3v) is 2.71. The molecule has 88 valence electrons. The van der Waals surface area contributed by atoms with Crippen molar-refractivity contribution in [1.82, 2.24) is 15.0 Å². The zero-order valence-electron chi connectivity index (χ0n) is 9.31. The molecular formula is C13H9N3O2. The monoisotopic (exact) mass is 239 g/mol. The lowest BCUT2D eigenvalue weighted by molar-refractivity contribution is 0.944. The van der Waals surface area contributed by atoms with Crippen molar-refractivity contribution in [3.63, 3.8) is 0 Å². The Morgan fingerprint density at radius 2 is 1.67 bits per heavy atom. The number of hydrogen-bond acceptors (Lipinski definition) is 3. The van der Waals surface area contributed by atoms with Crippen molar-refractivity contribution in [3.8, 4) is 11.4 Å². The molecule has 3 aromatic rings. The Bertz CT molecular complexity index is 800. The van der Waals surface area contributed by atoms with Gasteiger partial charge in [-0.2, -0.15) is 4.98 Å². The fourth-order valence-corrected chi connectivity index (χ4v) is 1.95.